The molecule has 0 aliphatic heterocycles. The Morgan fingerprint density at radius 1 is 1.04 bits per heavy atom. The quantitative estimate of drug-likeness (QED) is 0.826. The zero-order chi connectivity index (χ0) is 17.7. The lowest BCUT2D eigenvalue weighted by Crippen LogP contribution is -2.51. The molecule has 0 fully saturated rings. The first-order valence-corrected chi connectivity index (χ1v) is 6.81. The third-order valence-electron chi connectivity index (χ3n) is 2.92. The number of nitrogens with one attached hydrogen (secondary N) is 2. The fraction of sp³-hybridized carbons (Fsp3) is 0.200. The zero-order valence-corrected chi connectivity index (χ0v) is 12.8. The van der Waals surface area contributed by atoms with Crippen molar-refractivity contribution in [1.82, 2.24) is 20.8 Å². The number of carbonyl (C=O) groups is 2. The van der Waals surface area contributed by atoms with Crippen LogP contribution in [-0.4, -0.2) is 27.9 Å². The van der Waals surface area contributed by atoms with Crippen molar-refractivity contribution in [3.63, 3.8) is 0 Å². The molecule has 2 amide bonds. The van der Waals surface area contributed by atoms with Gasteiger partial charge in [-0.3, -0.25) is 25.4 Å². The second-order valence-electron chi connectivity index (χ2n) is 4.83. The first-order chi connectivity index (χ1) is 11.3. The van der Waals surface area contributed by atoms with Crippen molar-refractivity contribution in [3.8, 4) is 5.75 Å². The van der Waals surface area contributed by atoms with Gasteiger partial charge in [0, 0.05) is 12.4 Å². The van der Waals surface area contributed by atoms with Crippen LogP contribution in [0.15, 0.2) is 36.7 Å². The number of nitrogens with zero attached hydrogens (tertiary/aromatic N) is 2. The van der Waals surface area contributed by atoms with E-state index in [1.165, 1.54) is 31.5 Å². The van der Waals surface area contributed by atoms with Crippen molar-refractivity contribution in [2.75, 3.05) is 0 Å². The monoisotopic (exact) mass is 336 g/mol. The van der Waals surface area contributed by atoms with E-state index in [4.69, 9.17) is 0 Å². The van der Waals surface area contributed by atoms with Gasteiger partial charge in [-0.2, -0.15) is 8.78 Å². The number of ether oxygens (including phenoxy) is 1. The summed E-state index contributed by atoms with van der Waals surface area (Å²) < 4.78 is 31.8. The summed E-state index contributed by atoms with van der Waals surface area (Å²) >= 11 is 0. The number of amides is 2. The van der Waals surface area contributed by atoms with E-state index in [9.17, 15) is 18.4 Å². The molecular weight excluding hydrogens is 322 g/mol. The average molecular weight is 336 g/mol. The van der Waals surface area contributed by atoms with E-state index < -0.39 is 17.9 Å². The minimum absolute atomic E-state index is 0.0967. The Labute approximate surface area is 136 Å². The highest BCUT2D eigenvalue weighted by molar-refractivity contribution is 5.95. The molecule has 0 atom stereocenters. The number of alkyl halides is 2. The van der Waals surface area contributed by atoms with Gasteiger partial charge in [-0.15, -0.1) is 0 Å². The maximum absolute atomic E-state index is 13.7. The Kier molecular flexibility index (Phi) is 5.02. The Morgan fingerprint density at radius 3 is 2.29 bits per heavy atom. The summed E-state index contributed by atoms with van der Waals surface area (Å²) in [5, 5.41) is 0. The summed E-state index contributed by atoms with van der Waals surface area (Å²) in [6.07, 6.45) is -1.53. The lowest BCUT2D eigenvalue weighted by atomic mass is 10.2. The summed E-state index contributed by atoms with van der Waals surface area (Å²) in [5.41, 5.74) is 4.47. The molecule has 0 spiro atoms. The summed E-state index contributed by atoms with van der Waals surface area (Å²) in [4.78, 5) is 30.9. The first-order valence-electron chi connectivity index (χ1n) is 6.81. The van der Waals surface area contributed by atoms with Crippen LogP contribution in [0.1, 0.15) is 21.7 Å². The minimum atomic E-state index is -4.17. The van der Waals surface area contributed by atoms with Crippen LogP contribution in [0.25, 0.3) is 0 Å². The number of carbonyl (C=O) groups excluding carboxylic acids is 2. The largest absolute Gasteiger partial charge is 0.484 e. The lowest BCUT2D eigenvalue weighted by Gasteiger charge is -2.17. The second kappa shape index (κ2) is 6.99. The predicted molar refractivity (Wildman–Crippen MR) is 79.1 cm³/mol. The normalized spacial score (nSPS) is 10.8. The molecule has 0 aliphatic rings. The Bertz CT molecular complexity index is 751. The standard InChI is InChI=1S/C15H14F2N4O3/c1-9-3-5-11(6-4-9)24-15(16,17)14(23)21-20-13(22)12-10(2)18-7-8-19-12/h3-8H,1-2H3,(H,20,22)(H,21,23). The number of benzene rings is 1. The molecule has 7 nitrogen and oxygen atoms in total. The first kappa shape index (κ1) is 17.3. The maximum Gasteiger partial charge on any atom is 0.484 e. The Hall–Kier alpha value is -3.10. The van der Waals surface area contributed by atoms with Gasteiger partial charge in [0.1, 0.15) is 5.75 Å². The summed E-state index contributed by atoms with van der Waals surface area (Å²) in [5.74, 6) is -2.88. The van der Waals surface area contributed by atoms with Crippen LogP contribution in [0.4, 0.5) is 8.78 Å². The van der Waals surface area contributed by atoms with E-state index in [1.54, 1.807) is 24.5 Å². The molecule has 2 aromatic rings. The molecule has 0 aliphatic carbocycles. The number of aryl methyl sites for hydroxylation is 2. The smallest absolute Gasteiger partial charge is 0.425 e. The van der Waals surface area contributed by atoms with Crippen LogP contribution in [0, 0.1) is 13.8 Å². The summed E-state index contributed by atoms with van der Waals surface area (Å²) in [6, 6.07) is 5.72. The van der Waals surface area contributed by atoms with E-state index in [0.717, 1.165) is 5.56 Å². The molecule has 0 bridgehead atoms. The number of hydrogen-bond acceptors (Lipinski definition) is 5. The highest BCUT2D eigenvalue weighted by Crippen LogP contribution is 2.21. The van der Waals surface area contributed by atoms with Crippen LogP contribution >= 0.6 is 0 Å². The van der Waals surface area contributed by atoms with Crippen molar-refractivity contribution in [3.05, 3.63) is 53.6 Å². The Morgan fingerprint density at radius 2 is 1.67 bits per heavy atom. The van der Waals surface area contributed by atoms with Gasteiger partial charge in [0.25, 0.3) is 5.91 Å². The third kappa shape index (κ3) is 4.22. The molecule has 2 N–H and O–H groups in total. The molecule has 126 valence electrons. The molecule has 9 heteroatoms. The minimum Gasteiger partial charge on any atom is -0.425 e. The van der Waals surface area contributed by atoms with Crippen molar-refractivity contribution in [2.24, 2.45) is 0 Å². The molecule has 0 saturated carbocycles. The predicted octanol–water partition coefficient (Wildman–Crippen LogP) is 1.53. The van der Waals surface area contributed by atoms with Crippen LogP contribution in [0.2, 0.25) is 0 Å². The van der Waals surface area contributed by atoms with E-state index in [-0.39, 0.29) is 17.1 Å². The van der Waals surface area contributed by atoms with Gasteiger partial charge >= 0.3 is 12.0 Å². The van der Waals surface area contributed by atoms with Gasteiger partial charge in [0.15, 0.2) is 5.69 Å². The fourth-order valence-corrected chi connectivity index (χ4v) is 1.68. The number of aromatic nitrogens is 2. The summed E-state index contributed by atoms with van der Waals surface area (Å²) in [7, 11) is 0. The van der Waals surface area contributed by atoms with E-state index in [1.807, 2.05) is 5.43 Å². The van der Waals surface area contributed by atoms with Crippen molar-refractivity contribution >= 4 is 11.8 Å². The van der Waals surface area contributed by atoms with E-state index >= 15 is 0 Å². The average Bonchev–Trinajstić information content (AvgIpc) is 2.54. The number of rotatable bonds is 4. The molecular formula is C15H14F2N4O3. The van der Waals surface area contributed by atoms with Crippen LogP contribution in [-0.2, 0) is 4.79 Å². The van der Waals surface area contributed by atoms with Crippen LogP contribution in [0.3, 0.4) is 0 Å². The van der Waals surface area contributed by atoms with Crippen LogP contribution in [0.5, 0.6) is 5.75 Å². The van der Waals surface area contributed by atoms with Gasteiger partial charge in [-0.25, -0.2) is 4.98 Å². The van der Waals surface area contributed by atoms with Gasteiger partial charge in [-0.05, 0) is 26.0 Å². The summed E-state index contributed by atoms with van der Waals surface area (Å²) in [6.45, 7) is 3.29. The van der Waals surface area contributed by atoms with Gasteiger partial charge in [0.2, 0.25) is 0 Å². The van der Waals surface area contributed by atoms with Crippen molar-refractivity contribution in [2.45, 2.75) is 20.0 Å². The SMILES string of the molecule is Cc1ccc(OC(F)(F)C(=O)NNC(=O)c2nccnc2C)cc1. The number of hydrogen-bond donors (Lipinski definition) is 2. The highest BCUT2D eigenvalue weighted by Gasteiger charge is 2.42. The van der Waals surface area contributed by atoms with Crippen molar-refractivity contribution in [1.29, 1.82) is 0 Å². The van der Waals surface area contributed by atoms with Gasteiger partial charge < -0.3 is 4.74 Å². The third-order valence-corrected chi connectivity index (χ3v) is 2.92. The molecule has 0 saturated heterocycles. The molecule has 0 radical (unpaired) electrons. The number of halogens is 2. The Balaban J connectivity index is 1.96. The lowest BCUT2D eigenvalue weighted by molar-refractivity contribution is -0.193. The highest BCUT2D eigenvalue weighted by atomic mass is 19.3. The van der Waals surface area contributed by atoms with Crippen LogP contribution < -0.4 is 15.6 Å². The fourth-order valence-electron chi connectivity index (χ4n) is 1.68. The second-order valence-corrected chi connectivity index (χ2v) is 4.83. The van der Waals surface area contributed by atoms with Crippen molar-refractivity contribution < 1.29 is 23.1 Å². The number of hydrazine groups is 1. The molecule has 1 heterocycles. The molecule has 1 aromatic heterocycles. The van der Waals surface area contributed by atoms with Gasteiger partial charge in [0.05, 0.1) is 5.69 Å². The van der Waals surface area contributed by atoms with Gasteiger partial charge in [-0.1, -0.05) is 17.7 Å². The molecule has 0 unspecified atom stereocenters. The molecule has 2 rings (SSSR count). The maximum atomic E-state index is 13.7. The topological polar surface area (TPSA) is 93.2 Å². The van der Waals surface area contributed by atoms with E-state index in [2.05, 4.69) is 14.7 Å². The molecule has 24 heavy (non-hydrogen) atoms. The zero-order valence-electron chi connectivity index (χ0n) is 12.8. The van der Waals surface area contributed by atoms with E-state index in [0.29, 0.717) is 0 Å². The molecule has 1 aromatic carbocycles.